The number of ether oxygens (including phenoxy) is 1. The van der Waals surface area contributed by atoms with E-state index >= 15 is 0 Å². The molecule has 3 N–H and O–H groups in total. The van der Waals surface area contributed by atoms with Gasteiger partial charge in [0.1, 0.15) is 6.04 Å². The summed E-state index contributed by atoms with van der Waals surface area (Å²) in [6, 6.07) is 7.19. The van der Waals surface area contributed by atoms with Gasteiger partial charge in [0.05, 0.1) is 6.61 Å². The molecule has 0 fully saturated rings. The third-order valence-electron chi connectivity index (χ3n) is 2.87. The van der Waals surface area contributed by atoms with Crippen molar-refractivity contribution in [3.05, 3.63) is 24.3 Å². The summed E-state index contributed by atoms with van der Waals surface area (Å²) in [4.78, 5) is 13.8. The van der Waals surface area contributed by atoms with Crippen LogP contribution in [0.5, 0.6) is 0 Å². The molecule has 5 heteroatoms. The second kappa shape index (κ2) is 6.86. The van der Waals surface area contributed by atoms with Crippen LogP contribution < -0.4 is 16.0 Å². The van der Waals surface area contributed by atoms with E-state index in [0.29, 0.717) is 18.8 Å². The molecule has 1 aromatic carbocycles. The minimum absolute atomic E-state index is 0.0219. The van der Waals surface area contributed by atoms with Crippen molar-refractivity contribution in [3.63, 3.8) is 0 Å². The number of nitrogens with two attached hydrogens (primary N) is 1. The summed E-state index contributed by atoms with van der Waals surface area (Å²) >= 11 is 0. The van der Waals surface area contributed by atoms with Crippen LogP contribution in [0.2, 0.25) is 0 Å². The number of hydrogen-bond acceptors (Lipinski definition) is 4. The van der Waals surface area contributed by atoms with Crippen molar-refractivity contribution >= 4 is 17.3 Å². The summed E-state index contributed by atoms with van der Waals surface area (Å²) in [7, 11) is 3.49. The van der Waals surface area contributed by atoms with E-state index in [0.717, 1.165) is 5.69 Å². The Hall–Kier alpha value is -1.75. The van der Waals surface area contributed by atoms with Crippen molar-refractivity contribution in [1.29, 1.82) is 0 Å². The molecule has 0 radical (unpaired) electrons. The molecule has 0 bridgehead atoms. The maximum absolute atomic E-state index is 11.9. The molecule has 1 unspecified atom stereocenters. The van der Waals surface area contributed by atoms with Crippen LogP contribution >= 0.6 is 0 Å². The quantitative estimate of drug-likeness (QED) is 0.581. The Morgan fingerprint density at radius 1 is 1.44 bits per heavy atom. The Kier molecular flexibility index (Phi) is 5.45. The lowest BCUT2D eigenvalue weighted by Gasteiger charge is -2.26. The smallest absolute Gasteiger partial charge is 0.242 e. The molecule has 1 aromatic rings. The van der Waals surface area contributed by atoms with Gasteiger partial charge < -0.3 is 20.7 Å². The van der Waals surface area contributed by atoms with E-state index in [-0.39, 0.29) is 11.9 Å². The highest BCUT2D eigenvalue weighted by Gasteiger charge is 2.17. The molecule has 18 heavy (non-hydrogen) atoms. The van der Waals surface area contributed by atoms with Gasteiger partial charge in [0.2, 0.25) is 5.91 Å². The number of nitrogen functional groups attached to an aromatic ring is 1. The number of carbonyl (C=O) groups is 1. The van der Waals surface area contributed by atoms with Crippen LogP contribution in [0.25, 0.3) is 0 Å². The van der Waals surface area contributed by atoms with Gasteiger partial charge in [0, 0.05) is 32.1 Å². The van der Waals surface area contributed by atoms with Crippen LogP contribution in [0.15, 0.2) is 24.3 Å². The molecule has 0 spiro atoms. The van der Waals surface area contributed by atoms with E-state index < -0.39 is 0 Å². The SMILES string of the molecule is COCCNC(=O)C(C)N(C)c1ccc(N)cc1. The molecule has 100 valence electrons. The number of benzene rings is 1. The summed E-state index contributed by atoms with van der Waals surface area (Å²) in [6.45, 7) is 2.90. The van der Waals surface area contributed by atoms with E-state index in [2.05, 4.69) is 5.32 Å². The van der Waals surface area contributed by atoms with Gasteiger partial charge in [-0.15, -0.1) is 0 Å². The number of carbonyl (C=O) groups excluding carboxylic acids is 1. The molecule has 1 atom stereocenters. The maximum Gasteiger partial charge on any atom is 0.242 e. The first-order valence-electron chi connectivity index (χ1n) is 5.91. The normalized spacial score (nSPS) is 11.9. The van der Waals surface area contributed by atoms with Gasteiger partial charge in [0.15, 0.2) is 0 Å². The second-order valence-corrected chi connectivity index (χ2v) is 4.16. The largest absolute Gasteiger partial charge is 0.399 e. The second-order valence-electron chi connectivity index (χ2n) is 4.16. The van der Waals surface area contributed by atoms with Crippen LogP contribution in [0.4, 0.5) is 11.4 Å². The van der Waals surface area contributed by atoms with Crippen molar-refractivity contribution < 1.29 is 9.53 Å². The number of amides is 1. The van der Waals surface area contributed by atoms with E-state index in [1.54, 1.807) is 7.11 Å². The van der Waals surface area contributed by atoms with Crippen molar-refractivity contribution in [2.75, 3.05) is 37.9 Å². The third kappa shape index (κ3) is 3.92. The van der Waals surface area contributed by atoms with Gasteiger partial charge in [-0.2, -0.15) is 0 Å². The molecule has 0 aromatic heterocycles. The molecular weight excluding hydrogens is 230 g/mol. The third-order valence-corrected chi connectivity index (χ3v) is 2.87. The Morgan fingerprint density at radius 3 is 2.61 bits per heavy atom. The monoisotopic (exact) mass is 251 g/mol. The molecule has 0 saturated carbocycles. The fourth-order valence-electron chi connectivity index (χ4n) is 1.53. The summed E-state index contributed by atoms with van der Waals surface area (Å²) in [5.41, 5.74) is 7.30. The molecule has 0 aliphatic heterocycles. The summed E-state index contributed by atoms with van der Waals surface area (Å²) in [6.07, 6.45) is 0. The van der Waals surface area contributed by atoms with E-state index in [1.807, 2.05) is 43.1 Å². The Bertz CT molecular complexity index is 378. The van der Waals surface area contributed by atoms with Crippen LogP contribution in [0.3, 0.4) is 0 Å². The highest BCUT2D eigenvalue weighted by molar-refractivity contribution is 5.84. The minimum atomic E-state index is -0.245. The van der Waals surface area contributed by atoms with Crippen LogP contribution in [-0.2, 0) is 9.53 Å². The van der Waals surface area contributed by atoms with Crippen LogP contribution in [0, 0.1) is 0 Å². The number of nitrogens with one attached hydrogen (secondary N) is 1. The van der Waals surface area contributed by atoms with Gasteiger partial charge in [-0.05, 0) is 31.2 Å². The zero-order valence-corrected chi connectivity index (χ0v) is 11.1. The van der Waals surface area contributed by atoms with Gasteiger partial charge in [-0.3, -0.25) is 4.79 Å². The lowest BCUT2D eigenvalue weighted by atomic mass is 10.2. The number of rotatable bonds is 6. The van der Waals surface area contributed by atoms with Crippen molar-refractivity contribution in [3.8, 4) is 0 Å². The molecule has 0 heterocycles. The van der Waals surface area contributed by atoms with Gasteiger partial charge in [0.25, 0.3) is 0 Å². The lowest BCUT2D eigenvalue weighted by molar-refractivity contribution is -0.122. The summed E-state index contributed by atoms with van der Waals surface area (Å²) < 4.78 is 4.89. The maximum atomic E-state index is 11.9. The van der Waals surface area contributed by atoms with Crippen LogP contribution in [0.1, 0.15) is 6.92 Å². The van der Waals surface area contributed by atoms with E-state index in [1.165, 1.54) is 0 Å². The number of likely N-dealkylation sites (N-methyl/N-ethyl adjacent to an activating group) is 1. The summed E-state index contributed by atoms with van der Waals surface area (Å²) in [5, 5.41) is 2.82. The topological polar surface area (TPSA) is 67.6 Å². The molecule has 0 saturated heterocycles. The number of nitrogens with zero attached hydrogens (tertiary/aromatic N) is 1. The first kappa shape index (κ1) is 14.3. The summed E-state index contributed by atoms with van der Waals surface area (Å²) in [5.74, 6) is -0.0219. The predicted molar refractivity (Wildman–Crippen MR) is 73.6 cm³/mol. The Morgan fingerprint density at radius 2 is 2.06 bits per heavy atom. The lowest BCUT2D eigenvalue weighted by Crippen LogP contribution is -2.44. The highest BCUT2D eigenvalue weighted by atomic mass is 16.5. The number of hydrogen-bond donors (Lipinski definition) is 2. The molecular formula is C13H21N3O2. The molecule has 0 aliphatic rings. The zero-order valence-electron chi connectivity index (χ0n) is 11.1. The number of anilines is 2. The average Bonchev–Trinajstić information content (AvgIpc) is 2.38. The molecule has 5 nitrogen and oxygen atoms in total. The average molecular weight is 251 g/mol. The molecule has 1 rings (SSSR count). The first-order chi connectivity index (χ1) is 8.56. The van der Waals surface area contributed by atoms with Crippen molar-refractivity contribution in [2.24, 2.45) is 0 Å². The van der Waals surface area contributed by atoms with E-state index in [9.17, 15) is 4.79 Å². The van der Waals surface area contributed by atoms with E-state index in [4.69, 9.17) is 10.5 Å². The Labute approximate surface area is 108 Å². The van der Waals surface area contributed by atoms with Crippen molar-refractivity contribution in [2.45, 2.75) is 13.0 Å². The molecule has 1 amide bonds. The fraction of sp³-hybridized carbons (Fsp3) is 0.462. The van der Waals surface area contributed by atoms with Gasteiger partial charge in [-0.1, -0.05) is 0 Å². The first-order valence-corrected chi connectivity index (χ1v) is 5.91. The highest BCUT2D eigenvalue weighted by Crippen LogP contribution is 2.16. The van der Waals surface area contributed by atoms with Crippen molar-refractivity contribution in [1.82, 2.24) is 5.32 Å². The number of methoxy groups -OCH3 is 1. The van der Waals surface area contributed by atoms with Crippen LogP contribution in [-0.4, -0.2) is 39.3 Å². The zero-order chi connectivity index (χ0) is 13.5. The van der Waals surface area contributed by atoms with Gasteiger partial charge in [-0.25, -0.2) is 0 Å². The Balaban J connectivity index is 2.57. The molecule has 0 aliphatic carbocycles. The fourth-order valence-corrected chi connectivity index (χ4v) is 1.53. The predicted octanol–water partition coefficient (Wildman–Crippen LogP) is 0.856. The van der Waals surface area contributed by atoms with Gasteiger partial charge >= 0.3 is 0 Å². The standard InChI is InChI=1S/C13H21N3O2/c1-10(13(17)15-8-9-18-3)16(2)12-6-4-11(14)5-7-12/h4-7,10H,8-9,14H2,1-3H3,(H,15,17). The minimum Gasteiger partial charge on any atom is -0.399 e.